The van der Waals surface area contributed by atoms with Gasteiger partial charge < -0.3 is 15.0 Å². The van der Waals surface area contributed by atoms with Crippen LogP contribution in [0.3, 0.4) is 0 Å². The van der Waals surface area contributed by atoms with Crippen LogP contribution in [-0.2, 0) is 10.2 Å². The highest BCUT2D eigenvalue weighted by molar-refractivity contribution is 5.91. The van der Waals surface area contributed by atoms with Crippen LogP contribution in [0, 0.1) is 0 Å². The molecule has 0 spiro atoms. The van der Waals surface area contributed by atoms with Crippen LogP contribution in [0.4, 0.5) is 0 Å². The van der Waals surface area contributed by atoms with Crippen LogP contribution in [0.1, 0.15) is 49.2 Å². The van der Waals surface area contributed by atoms with E-state index in [9.17, 15) is 4.79 Å². The Balaban J connectivity index is 1.72. The molecule has 0 radical (unpaired) electrons. The van der Waals surface area contributed by atoms with Gasteiger partial charge in [0.15, 0.2) is 0 Å². The van der Waals surface area contributed by atoms with Crippen molar-refractivity contribution in [2.45, 2.75) is 44.1 Å². The third-order valence-electron chi connectivity index (χ3n) is 4.86. The summed E-state index contributed by atoms with van der Waals surface area (Å²) in [6, 6.07) is 10.6. The highest BCUT2D eigenvalue weighted by Crippen LogP contribution is 2.43. The smallest absolute Gasteiger partial charge is 0.269 e. The topological polar surface area (TPSA) is 67.0 Å². The molecular weight excluding hydrogens is 302 g/mol. The molecule has 1 saturated heterocycles. The first-order chi connectivity index (χ1) is 11.5. The minimum Gasteiger partial charge on any atom is -0.376 e. The molecular formula is C19H25N3O2. The summed E-state index contributed by atoms with van der Waals surface area (Å²) in [5, 5.41) is 3.00. The van der Waals surface area contributed by atoms with Crippen molar-refractivity contribution in [3.8, 4) is 0 Å². The highest BCUT2D eigenvalue weighted by Gasteiger charge is 2.41. The number of hydrogen-bond donors (Lipinski definition) is 2. The fourth-order valence-corrected chi connectivity index (χ4v) is 3.76. The molecule has 128 valence electrons. The molecule has 1 aromatic carbocycles. The van der Waals surface area contributed by atoms with Crippen LogP contribution in [0.2, 0.25) is 0 Å². The number of nitrogens with one attached hydrogen (secondary N) is 2. The molecule has 5 nitrogen and oxygen atoms in total. The van der Waals surface area contributed by atoms with E-state index >= 15 is 0 Å². The SMILES string of the molecule is CC1(C)C[C@@](CCNC(=O)c2cnc[nH]2)(c2ccccc2)CCO1. The molecule has 1 amide bonds. The van der Waals surface area contributed by atoms with E-state index in [1.54, 1.807) is 6.20 Å². The molecule has 5 heteroatoms. The van der Waals surface area contributed by atoms with Crippen LogP contribution in [-0.4, -0.2) is 34.6 Å². The Morgan fingerprint density at radius 3 is 2.79 bits per heavy atom. The number of H-pyrrole nitrogens is 1. The van der Waals surface area contributed by atoms with Gasteiger partial charge >= 0.3 is 0 Å². The van der Waals surface area contributed by atoms with E-state index in [4.69, 9.17) is 4.74 Å². The van der Waals surface area contributed by atoms with Gasteiger partial charge in [0.25, 0.3) is 5.91 Å². The van der Waals surface area contributed by atoms with Crippen LogP contribution in [0.5, 0.6) is 0 Å². The number of rotatable bonds is 5. The van der Waals surface area contributed by atoms with Crippen molar-refractivity contribution in [1.29, 1.82) is 0 Å². The predicted octanol–water partition coefficient (Wildman–Crippen LogP) is 3.06. The Bertz CT molecular complexity index is 667. The Morgan fingerprint density at radius 1 is 1.33 bits per heavy atom. The summed E-state index contributed by atoms with van der Waals surface area (Å²) in [4.78, 5) is 18.8. The molecule has 0 saturated carbocycles. The van der Waals surface area contributed by atoms with E-state index in [0.29, 0.717) is 12.2 Å². The Kier molecular flexibility index (Phi) is 4.71. The van der Waals surface area contributed by atoms with Crippen molar-refractivity contribution < 1.29 is 9.53 Å². The Hall–Kier alpha value is -2.14. The third kappa shape index (κ3) is 3.67. The standard InChI is InChI=1S/C19H25N3O2/c1-18(2)13-19(9-11-24-18,15-6-4-3-5-7-15)8-10-21-17(23)16-12-20-14-22-16/h3-7,12,14H,8-11,13H2,1-2H3,(H,20,22)(H,21,23)/t19-/m0/s1. The number of benzene rings is 1. The van der Waals surface area contributed by atoms with Gasteiger partial charge in [-0.25, -0.2) is 4.98 Å². The summed E-state index contributed by atoms with van der Waals surface area (Å²) < 4.78 is 5.93. The monoisotopic (exact) mass is 327 g/mol. The number of aromatic amines is 1. The molecule has 1 aliphatic rings. The van der Waals surface area contributed by atoms with Gasteiger partial charge in [0.2, 0.25) is 0 Å². The fraction of sp³-hybridized carbons (Fsp3) is 0.474. The van der Waals surface area contributed by atoms with Crippen molar-refractivity contribution in [3.05, 3.63) is 54.1 Å². The zero-order valence-corrected chi connectivity index (χ0v) is 14.3. The lowest BCUT2D eigenvalue weighted by Gasteiger charge is -2.45. The zero-order chi connectivity index (χ0) is 17.0. The minimum absolute atomic E-state index is 0.0320. The van der Waals surface area contributed by atoms with Gasteiger partial charge in [-0.05, 0) is 38.7 Å². The second kappa shape index (κ2) is 6.77. The molecule has 24 heavy (non-hydrogen) atoms. The van der Waals surface area contributed by atoms with Crippen molar-refractivity contribution >= 4 is 5.91 Å². The summed E-state index contributed by atoms with van der Waals surface area (Å²) in [6.07, 6.45) is 5.87. The normalized spacial score (nSPS) is 22.9. The maximum atomic E-state index is 12.1. The van der Waals surface area contributed by atoms with E-state index in [0.717, 1.165) is 25.9 Å². The van der Waals surface area contributed by atoms with Crippen LogP contribution in [0.25, 0.3) is 0 Å². The van der Waals surface area contributed by atoms with Crippen molar-refractivity contribution in [2.24, 2.45) is 0 Å². The largest absolute Gasteiger partial charge is 0.376 e. The number of imidazole rings is 1. The van der Waals surface area contributed by atoms with Gasteiger partial charge in [0.1, 0.15) is 5.69 Å². The molecule has 3 rings (SSSR count). The number of carbonyl (C=O) groups is 1. The maximum absolute atomic E-state index is 12.1. The maximum Gasteiger partial charge on any atom is 0.269 e. The highest BCUT2D eigenvalue weighted by atomic mass is 16.5. The Morgan fingerprint density at radius 2 is 2.12 bits per heavy atom. The second-order valence-corrected chi connectivity index (χ2v) is 7.15. The Labute approximate surface area is 142 Å². The summed E-state index contributed by atoms with van der Waals surface area (Å²) in [6.45, 7) is 5.67. The lowest BCUT2D eigenvalue weighted by Crippen LogP contribution is -2.45. The van der Waals surface area contributed by atoms with E-state index in [-0.39, 0.29) is 16.9 Å². The predicted molar refractivity (Wildman–Crippen MR) is 92.9 cm³/mol. The second-order valence-electron chi connectivity index (χ2n) is 7.15. The lowest BCUT2D eigenvalue weighted by atomic mass is 9.67. The summed E-state index contributed by atoms with van der Waals surface area (Å²) in [7, 11) is 0. The van der Waals surface area contributed by atoms with Gasteiger partial charge in [0.05, 0.1) is 18.1 Å². The van der Waals surface area contributed by atoms with Gasteiger partial charge in [-0.2, -0.15) is 0 Å². The summed E-state index contributed by atoms with van der Waals surface area (Å²) in [5.41, 5.74) is 1.71. The number of hydrogen-bond acceptors (Lipinski definition) is 3. The molecule has 1 fully saturated rings. The van der Waals surface area contributed by atoms with Crippen LogP contribution >= 0.6 is 0 Å². The van der Waals surface area contributed by atoms with E-state index in [2.05, 4.69) is 53.4 Å². The van der Waals surface area contributed by atoms with Gasteiger partial charge in [-0.3, -0.25) is 4.79 Å². The van der Waals surface area contributed by atoms with Crippen molar-refractivity contribution in [3.63, 3.8) is 0 Å². The first kappa shape index (κ1) is 16.7. The number of aromatic nitrogens is 2. The van der Waals surface area contributed by atoms with E-state index < -0.39 is 0 Å². The average Bonchev–Trinajstić information content (AvgIpc) is 3.09. The molecule has 1 aliphatic heterocycles. The molecule has 2 aromatic rings. The van der Waals surface area contributed by atoms with Gasteiger partial charge in [-0.15, -0.1) is 0 Å². The van der Waals surface area contributed by atoms with Crippen LogP contribution in [0.15, 0.2) is 42.9 Å². The van der Waals surface area contributed by atoms with Crippen molar-refractivity contribution in [1.82, 2.24) is 15.3 Å². The molecule has 0 bridgehead atoms. The van der Waals surface area contributed by atoms with E-state index in [1.807, 2.05) is 6.07 Å². The zero-order valence-electron chi connectivity index (χ0n) is 14.3. The molecule has 0 unspecified atom stereocenters. The molecule has 0 aliphatic carbocycles. The first-order valence-corrected chi connectivity index (χ1v) is 8.47. The first-order valence-electron chi connectivity index (χ1n) is 8.47. The average molecular weight is 327 g/mol. The van der Waals surface area contributed by atoms with Crippen molar-refractivity contribution in [2.75, 3.05) is 13.2 Å². The van der Waals surface area contributed by atoms with Gasteiger partial charge in [-0.1, -0.05) is 30.3 Å². The molecule has 1 atom stereocenters. The number of amides is 1. The van der Waals surface area contributed by atoms with Crippen LogP contribution < -0.4 is 5.32 Å². The minimum atomic E-state index is -0.151. The number of ether oxygens (including phenoxy) is 1. The van der Waals surface area contributed by atoms with Gasteiger partial charge in [0, 0.05) is 18.6 Å². The molecule has 1 aromatic heterocycles. The molecule has 2 heterocycles. The quantitative estimate of drug-likeness (QED) is 0.887. The number of nitrogens with zero attached hydrogens (tertiary/aromatic N) is 1. The van der Waals surface area contributed by atoms with E-state index in [1.165, 1.54) is 11.9 Å². The third-order valence-corrected chi connectivity index (χ3v) is 4.86. The molecule has 2 N–H and O–H groups in total. The number of carbonyl (C=O) groups excluding carboxylic acids is 1. The fourth-order valence-electron chi connectivity index (χ4n) is 3.76. The lowest BCUT2D eigenvalue weighted by molar-refractivity contribution is -0.0838. The summed E-state index contributed by atoms with van der Waals surface area (Å²) in [5.74, 6) is -0.109. The summed E-state index contributed by atoms with van der Waals surface area (Å²) >= 11 is 0.